The van der Waals surface area contributed by atoms with E-state index in [1.165, 1.54) is 4.68 Å². The number of rotatable bonds is 6. The summed E-state index contributed by atoms with van der Waals surface area (Å²) < 4.78 is 6.35. The van der Waals surface area contributed by atoms with E-state index in [0.29, 0.717) is 23.9 Å². The van der Waals surface area contributed by atoms with E-state index in [4.69, 9.17) is 4.52 Å². The first-order valence-corrected chi connectivity index (χ1v) is 7.25. The maximum absolute atomic E-state index is 11.8. The van der Waals surface area contributed by atoms with Crippen molar-refractivity contribution in [2.24, 2.45) is 5.92 Å². The summed E-state index contributed by atoms with van der Waals surface area (Å²) in [6.07, 6.45) is 2.26. The lowest BCUT2D eigenvalue weighted by Crippen LogP contribution is -2.25. The molecule has 3 rings (SSSR count). The highest BCUT2D eigenvalue weighted by molar-refractivity contribution is 5.89. The van der Waals surface area contributed by atoms with Crippen LogP contribution in [0.25, 0.3) is 0 Å². The van der Waals surface area contributed by atoms with Gasteiger partial charge < -0.3 is 9.84 Å². The zero-order valence-corrected chi connectivity index (χ0v) is 12.8. The number of nitro groups is 1. The maximum atomic E-state index is 11.8. The van der Waals surface area contributed by atoms with Gasteiger partial charge in [0.15, 0.2) is 5.82 Å². The zero-order valence-electron chi connectivity index (χ0n) is 12.8. The Bertz CT molecular complexity index is 761. The van der Waals surface area contributed by atoms with Crippen molar-refractivity contribution in [3.8, 4) is 0 Å². The second kappa shape index (κ2) is 5.78. The number of nitrogens with one attached hydrogen (secondary N) is 1. The van der Waals surface area contributed by atoms with Crippen LogP contribution in [0.15, 0.2) is 4.52 Å². The first kappa shape index (κ1) is 15.1. The van der Waals surface area contributed by atoms with Crippen LogP contribution in [-0.4, -0.2) is 37.3 Å². The van der Waals surface area contributed by atoms with Crippen LogP contribution < -0.4 is 5.32 Å². The standard InChI is InChI=1S/C13H16N6O4/c1-7-11(19(21)22)8(2)18(16-7)6-10-15-13(23-17-10)12(20)14-5-9-3-4-9/h9H,3-6H2,1-2H3,(H,14,20). The van der Waals surface area contributed by atoms with E-state index in [2.05, 4.69) is 20.6 Å². The molecule has 2 aromatic rings. The Morgan fingerprint density at radius 3 is 2.83 bits per heavy atom. The number of hydrogen-bond acceptors (Lipinski definition) is 7. The Hall–Kier alpha value is -2.78. The number of hydrogen-bond donors (Lipinski definition) is 1. The molecule has 0 bridgehead atoms. The average molecular weight is 320 g/mol. The van der Waals surface area contributed by atoms with E-state index in [-0.39, 0.29) is 23.9 Å². The van der Waals surface area contributed by atoms with Gasteiger partial charge >= 0.3 is 17.5 Å². The Labute approximate surface area is 131 Å². The molecule has 10 heteroatoms. The van der Waals surface area contributed by atoms with Crippen LogP contribution in [0, 0.1) is 29.9 Å². The molecule has 0 radical (unpaired) electrons. The molecular weight excluding hydrogens is 304 g/mol. The molecule has 0 atom stereocenters. The summed E-state index contributed by atoms with van der Waals surface area (Å²) in [4.78, 5) is 26.4. The Morgan fingerprint density at radius 2 is 2.22 bits per heavy atom. The molecule has 0 aromatic carbocycles. The van der Waals surface area contributed by atoms with E-state index >= 15 is 0 Å². The molecule has 2 aromatic heterocycles. The average Bonchev–Trinajstić information content (AvgIpc) is 3.13. The molecule has 0 aliphatic heterocycles. The monoisotopic (exact) mass is 320 g/mol. The first-order chi connectivity index (χ1) is 11.0. The quantitative estimate of drug-likeness (QED) is 0.620. The number of nitrogens with zero attached hydrogens (tertiary/aromatic N) is 5. The fourth-order valence-electron chi connectivity index (χ4n) is 2.28. The molecule has 1 amide bonds. The second-order valence-corrected chi connectivity index (χ2v) is 5.60. The third-order valence-electron chi connectivity index (χ3n) is 3.73. The van der Waals surface area contributed by atoms with Gasteiger partial charge in [0.1, 0.15) is 17.9 Å². The van der Waals surface area contributed by atoms with Gasteiger partial charge in [-0.25, -0.2) is 0 Å². The molecule has 1 aliphatic rings. The molecule has 2 heterocycles. The molecule has 23 heavy (non-hydrogen) atoms. The Kier molecular flexibility index (Phi) is 3.80. The number of carbonyl (C=O) groups is 1. The largest absolute Gasteiger partial charge is 0.348 e. The van der Waals surface area contributed by atoms with Crippen molar-refractivity contribution in [3.63, 3.8) is 0 Å². The minimum Gasteiger partial charge on any atom is -0.348 e. The van der Waals surface area contributed by atoms with Gasteiger partial charge in [-0.15, -0.1) is 0 Å². The molecule has 0 spiro atoms. The number of aryl methyl sites for hydroxylation is 1. The van der Waals surface area contributed by atoms with Gasteiger partial charge in [-0.1, -0.05) is 5.16 Å². The molecule has 122 valence electrons. The molecule has 1 fully saturated rings. The lowest BCUT2D eigenvalue weighted by Gasteiger charge is -1.99. The van der Waals surface area contributed by atoms with E-state index in [1.54, 1.807) is 13.8 Å². The third-order valence-corrected chi connectivity index (χ3v) is 3.73. The van der Waals surface area contributed by atoms with Crippen LogP contribution >= 0.6 is 0 Å². The summed E-state index contributed by atoms with van der Waals surface area (Å²) in [5.41, 5.74) is 0.686. The third kappa shape index (κ3) is 3.20. The predicted octanol–water partition coefficient (Wildman–Crippen LogP) is 0.979. The molecular formula is C13H16N6O4. The highest BCUT2D eigenvalue weighted by Gasteiger charge is 2.25. The molecule has 0 unspecified atom stereocenters. The maximum Gasteiger partial charge on any atom is 0.316 e. The summed E-state index contributed by atoms with van der Waals surface area (Å²) >= 11 is 0. The number of amides is 1. The summed E-state index contributed by atoms with van der Waals surface area (Å²) in [5, 5.41) is 21.5. The summed E-state index contributed by atoms with van der Waals surface area (Å²) in [7, 11) is 0. The van der Waals surface area contributed by atoms with Gasteiger partial charge in [0.25, 0.3) is 0 Å². The smallest absolute Gasteiger partial charge is 0.316 e. The fraction of sp³-hybridized carbons (Fsp3) is 0.538. The van der Waals surface area contributed by atoms with Crippen molar-refractivity contribution in [2.75, 3.05) is 6.54 Å². The van der Waals surface area contributed by atoms with Crippen molar-refractivity contribution in [2.45, 2.75) is 33.2 Å². The number of aromatic nitrogens is 4. The van der Waals surface area contributed by atoms with Crippen LogP contribution in [0.5, 0.6) is 0 Å². The normalized spacial score (nSPS) is 14.0. The second-order valence-electron chi connectivity index (χ2n) is 5.60. The van der Waals surface area contributed by atoms with Crippen molar-refractivity contribution in [3.05, 3.63) is 33.2 Å². The van der Waals surface area contributed by atoms with Crippen LogP contribution in [0.4, 0.5) is 5.69 Å². The number of carbonyl (C=O) groups excluding carboxylic acids is 1. The fourth-order valence-corrected chi connectivity index (χ4v) is 2.28. The molecule has 0 saturated heterocycles. The SMILES string of the molecule is Cc1nn(Cc2noc(C(=O)NCC3CC3)n2)c(C)c1[N+](=O)[O-]. The van der Waals surface area contributed by atoms with Gasteiger partial charge in [0, 0.05) is 6.54 Å². The van der Waals surface area contributed by atoms with Crippen molar-refractivity contribution >= 4 is 11.6 Å². The highest BCUT2D eigenvalue weighted by atomic mass is 16.6. The van der Waals surface area contributed by atoms with Crippen LogP contribution in [-0.2, 0) is 6.54 Å². The zero-order chi connectivity index (χ0) is 16.6. The van der Waals surface area contributed by atoms with E-state index in [1.807, 2.05) is 0 Å². The van der Waals surface area contributed by atoms with Crippen molar-refractivity contribution in [1.82, 2.24) is 25.2 Å². The summed E-state index contributed by atoms with van der Waals surface area (Å²) in [5.74, 6) is 0.269. The van der Waals surface area contributed by atoms with E-state index in [9.17, 15) is 14.9 Å². The van der Waals surface area contributed by atoms with Gasteiger partial charge in [0.05, 0.1) is 4.92 Å². The van der Waals surface area contributed by atoms with Crippen LogP contribution in [0.2, 0.25) is 0 Å². The molecule has 10 nitrogen and oxygen atoms in total. The topological polar surface area (TPSA) is 129 Å². The Morgan fingerprint density at radius 1 is 1.48 bits per heavy atom. The lowest BCUT2D eigenvalue weighted by atomic mass is 10.3. The first-order valence-electron chi connectivity index (χ1n) is 7.25. The summed E-state index contributed by atoms with van der Waals surface area (Å²) in [6, 6.07) is 0. The van der Waals surface area contributed by atoms with Crippen LogP contribution in [0.3, 0.4) is 0 Å². The van der Waals surface area contributed by atoms with Crippen molar-refractivity contribution < 1.29 is 14.2 Å². The van der Waals surface area contributed by atoms with Crippen LogP contribution in [0.1, 0.15) is 40.7 Å². The van der Waals surface area contributed by atoms with Gasteiger partial charge in [-0.3, -0.25) is 19.6 Å². The van der Waals surface area contributed by atoms with E-state index < -0.39 is 10.8 Å². The van der Waals surface area contributed by atoms with Gasteiger partial charge in [-0.05, 0) is 32.6 Å². The van der Waals surface area contributed by atoms with Crippen molar-refractivity contribution in [1.29, 1.82) is 0 Å². The lowest BCUT2D eigenvalue weighted by molar-refractivity contribution is -0.386. The van der Waals surface area contributed by atoms with Gasteiger partial charge in [0.2, 0.25) is 0 Å². The molecule has 1 N–H and O–H groups in total. The predicted molar refractivity (Wildman–Crippen MR) is 76.8 cm³/mol. The molecule has 1 saturated carbocycles. The van der Waals surface area contributed by atoms with Gasteiger partial charge in [-0.2, -0.15) is 10.1 Å². The summed E-state index contributed by atoms with van der Waals surface area (Å²) in [6.45, 7) is 3.87. The minimum atomic E-state index is -0.471. The minimum absolute atomic E-state index is 0.0316. The Balaban J connectivity index is 1.70. The molecule has 1 aliphatic carbocycles. The van der Waals surface area contributed by atoms with E-state index in [0.717, 1.165) is 12.8 Å². The highest BCUT2D eigenvalue weighted by Crippen LogP contribution is 2.27.